The normalized spacial score (nSPS) is 10.4. The third-order valence-electron chi connectivity index (χ3n) is 3.22. The van der Waals surface area contributed by atoms with Crippen LogP contribution in [0.1, 0.15) is 10.4 Å². The maximum Gasteiger partial charge on any atom is 0.264 e. The Morgan fingerprint density at radius 3 is 2.83 bits per heavy atom. The Kier molecular flexibility index (Phi) is 4.72. The molecule has 6 nitrogen and oxygen atoms in total. The van der Waals surface area contributed by atoms with Crippen molar-refractivity contribution >= 4 is 38.9 Å². The fraction of sp³-hybridized carbons (Fsp3) is 0.118. The molecule has 0 spiro atoms. The summed E-state index contributed by atoms with van der Waals surface area (Å²) in [6.07, 6.45) is 0.714. The number of ether oxygens (including phenoxy) is 2. The van der Waals surface area contributed by atoms with Crippen LogP contribution >= 0.6 is 11.3 Å². The number of anilines is 1. The molecule has 3 aromatic rings. The van der Waals surface area contributed by atoms with Crippen LogP contribution in [0.25, 0.3) is 10.2 Å². The number of aldehydes is 1. The van der Waals surface area contributed by atoms with Gasteiger partial charge in [0, 0.05) is 5.56 Å². The van der Waals surface area contributed by atoms with Gasteiger partial charge in [0.15, 0.2) is 23.2 Å². The smallest absolute Gasteiger partial charge is 0.264 e. The van der Waals surface area contributed by atoms with E-state index < -0.39 is 0 Å². The molecule has 0 bridgehead atoms. The molecule has 0 atom stereocenters. The molecule has 2 aromatic carbocycles. The van der Waals surface area contributed by atoms with Crippen LogP contribution in [0.15, 0.2) is 42.5 Å². The molecule has 122 valence electrons. The molecule has 1 N–H and O–H groups in total. The summed E-state index contributed by atoms with van der Waals surface area (Å²) in [6.45, 7) is -0.188. The van der Waals surface area contributed by atoms with E-state index in [0.29, 0.717) is 28.5 Å². The van der Waals surface area contributed by atoms with E-state index in [1.165, 1.54) is 18.4 Å². The van der Waals surface area contributed by atoms with Crippen LogP contribution in [-0.4, -0.2) is 30.9 Å². The van der Waals surface area contributed by atoms with Crippen molar-refractivity contribution in [2.24, 2.45) is 0 Å². The molecule has 7 heteroatoms. The summed E-state index contributed by atoms with van der Waals surface area (Å²) < 4.78 is 11.6. The molecule has 0 saturated carbocycles. The van der Waals surface area contributed by atoms with Crippen LogP contribution in [0.4, 0.5) is 5.13 Å². The van der Waals surface area contributed by atoms with E-state index in [2.05, 4.69) is 10.3 Å². The van der Waals surface area contributed by atoms with Gasteiger partial charge in [-0.3, -0.25) is 14.9 Å². The summed E-state index contributed by atoms with van der Waals surface area (Å²) in [7, 11) is 1.47. The lowest BCUT2D eigenvalue weighted by molar-refractivity contribution is -0.118. The lowest BCUT2D eigenvalue weighted by atomic mass is 10.2. The summed E-state index contributed by atoms with van der Waals surface area (Å²) in [5, 5.41) is 3.23. The number of carbonyl (C=O) groups excluding carboxylic acids is 2. The van der Waals surface area contributed by atoms with Crippen molar-refractivity contribution in [2.45, 2.75) is 0 Å². The fourth-order valence-electron chi connectivity index (χ4n) is 2.10. The van der Waals surface area contributed by atoms with Crippen LogP contribution in [0.3, 0.4) is 0 Å². The van der Waals surface area contributed by atoms with Crippen LogP contribution in [0, 0.1) is 0 Å². The zero-order chi connectivity index (χ0) is 16.9. The molecule has 1 heterocycles. The number of aromatic nitrogens is 1. The van der Waals surface area contributed by atoms with E-state index in [1.54, 1.807) is 18.2 Å². The van der Waals surface area contributed by atoms with E-state index in [1.807, 2.05) is 24.3 Å². The van der Waals surface area contributed by atoms with Crippen molar-refractivity contribution < 1.29 is 19.1 Å². The maximum absolute atomic E-state index is 12.0. The van der Waals surface area contributed by atoms with Gasteiger partial charge in [-0.1, -0.05) is 23.5 Å². The van der Waals surface area contributed by atoms with E-state index in [4.69, 9.17) is 9.47 Å². The second-order valence-corrected chi connectivity index (χ2v) is 5.88. The third kappa shape index (κ3) is 3.52. The van der Waals surface area contributed by atoms with E-state index in [-0.39, 0.29) is 12.5 Å². The summed E-state index contributed by atoms with van der Waals surface area (Å²) in [4.78, 5) is 27.1. The number of benzene rings is 2. The van der Waals surface area contributed by atoms with Crippen LogP contribution in [0.2, 0.25) is 0 Å². The van der Waals surface area contributed by atoms with E-state index >= 15 is 0 Å². The summed E-state index contributed by atoms with van der Waals surface area (Å²) in [5.74, 6) is 0.463. The van der Waals surface area contributed by atoms with Crippen LogP contribution in [-0.2, 0) is 4.79 Å². The first kappa shape index (κ1) is 15.9. The number of para-hydroxylation sites is 1. The number of amides is 1. The van der Waals surface area contributed by atoms with Crippen molar-refractivity contribution in [2.75, 3.05) is 19.0 Å². The lowest BCUT2D eigenvalue weighted by Crippen LogP contribution is -2.20. The average molecular weight is 342 g/mol. The Labute approximate surface area is 142 Å². The van der Waals surface area contributed by atoms with Crippen molar-refractivity contribution in [3.8, 4) is 11.5 Å². The maximum atomic E-state index is 12.0. The number of thiazole rings is 1. The summed E-state index contributed by atoms with van der Waals surface area (Å²) in [6, 6.07) is 12.4. The van der Waals surface area contributed by atoms with Gasteiger partial charge in [-0.05, 0) is 30.3 Å². The Bertz CT molecular complexity index is 858. The molecule has 1 amide bonds. The Balaban J connectivity index is 1.64. The molecule has 0 aliphatic rings. The first-order valence-electron chi connectivity index (χ1n) is 7.11. The van der Waals surface area contributed by atoms with Crippen molar-refractivity contribution in [1.82, 2.24) is 4.98 Å². The number of hydrogen-bond donors (Lipinski definition) is 1. The zero-order valence-electron chi connectivity index (χ0n) is 12.8. The average Bonchev–Trinajstić information content (AvgIpc) is 3.01. The van der Waals surface area contributed by atoms with Crippen molar-refractivity contribution in [3.63, 3.8) is 0 Å². The highest BCUT2D eigenvalue weighted by Gasteiger charge is 2.11. The van der Waals surface area contributed by atoms with Gasteiger partial charge in [-0.25, -0.2) is 4.98 Å². The van der Waals surface area contributed by atoms with Gasteiger partial charge in [0.2, 0.25) is 0 Å². The lowest BCUT2D eigenvalue weighted by Gasteiger charge is -2.10. The fourth-order valence-corrected chi connectivity index (χ4v) is 2.98. The van der Waals surface area contributed by atoms with Gasteiger partial charge in [0.25, 0.3) is 5.91 Å². The number of methoxy groups -OCH3 is 1. The quantitative estimate of drug-likeness (QED) is 0.696. The molecule has 0 fully saturated rings. The van der Waals surface area contributed by atoms with E-state index in [0.717, 1.165) is 10.2 Å². The van der Waals surface area contributed by atoms with Gasteiger partial charge < -0.3 is 9.47 Å². The van der Waals surface area contributed by atoms with Gasteiger partial charge in [-0.2, -0.15) is 0 Å². The van der Waals surface area contributed by atoms with Gasteiger partial charge in [0.1, 0.15) is 6.29 Å². The van der Waals surface area contributed by atoms with E-state index in [9.17, 15) is 9.59 Å². The van der Waals surface area contributed by atoms with Crippen LogP contribution in [0.5, 0.6) is 11.5 Å². The minimum Gasteiger partial charge on any atom is -0.493 e. The third-order valence-corrected chi connectivity index (χ3v) is 4.17. The SMILES string of the molecule is COc1cc(C=O)ccc1OCC(=O)Nc1nc2ccccc2s1. The van der Waals surface area contributed by atoms with Crippen molar-refractivity contribution in [1.29, 1.82) is 0 Å². The second-order valence-electron chi connectivity index (χ2n) is 4.85. The predicted octanol–water partition coefficient (Wildman–Crippen LogP) is 3.13. The predicted molar refractivity (Wildman–Crippen MR) is 92.1 cm³/mol. The zero-order valence-corrected chi connectivity index (χ0v) is 13.6. The topological polar surface area (TPSA) is 77.5 Å². The number of nitrogens with zero attached hydrogens (tertiary/aromatic N) is 1. The highest BCUT2D eigenvalue weighted by Crippen LogP contribution is 2.28. The Morgan fingerprint density at radius 1 is 1.25 bits per heavy atom. The Morgan fingerprint density at radius 2 is 2.08 bits per heavy atom. The summed E-state index contributed by atoms with van der Waals surface area (Å²) >= 11 is 1.40. The second kappa shape index (κ2) is 7.10. The highest BCUT2D eigenvalue weighted by molar-refractivity contribution is 7.22. The first-order valence-corrected chi connectivity index (χ1v) is 7.92. The minimum atomic E-state index is -0.324. The molecule has 3 rings (SSSR count). The number of rotatable bonds is 6. The molecular formula is C17H14N2O4S. The number of nitrogens with one attached hydrogen (secondary N) is 1. The highest BCUT2D eigenvalue weighted by atomic mass is 32.1. The summed E-state index contributed by atoms with van der Waals surface area (Å²) in [5.41, 5.74) is 1.31. The standard InChI is InChI=1S/C17H14N2O4S/c1-22-14-8-11(9-20)6-7-13(14)23-10-16(21)19-17-18-12-4-2-3-5-15(12)24-17/h2-9H,10H2,1H3,(H,18,19,21). The molecule has 24 heavy (non-hydrogen) atoms. The van der Waals surface area contributed by atoms with Crippen LogP contribution < -0.4 is 14.8 Å². The van der Waals surface area contributed by atoms with Gasteiger partial charge in [0.05, 0.1) is 17.3 Å². The number of fused-ring (bicyclic) bond motifs is 1. The molecule has 0 radical (unpaired) electrons. The molecule has 1 aromatic heterocycles. The largest absolute Gasteiger partial charge is 0.493 e. The molecule has 0 saturated heterocycles. The molecule has 0 aliphatic heterocycles. The van der Waals surface area contributed by atoms with Crippen molar-refractivity contribution in [3.05, 3.63) is 48.0 Å². The minimum absolute atomic E-state index is 0.188. The number of hydrogen-bond acceptors (Lipinski definition) is 6. The first-order chi connectivity index (χ1) is 11.7. The van der Waals surface area contributed by atoms with Gasteiger partial charge in [-0.15, -0.1) is 0 Å². The molecule has 0 unspecified atom stereocenters. The Hall–Kier alpha value is -2.93. The monoisotopic (exact) mass is 342 g/mol. The molecule has 0 aliphatic carbocycles. The molecular weight excluding hydrogens is 328 g/mol. The van der Waals surface area contributed by atoms with Gasteiger partial charge >= 0.3 is 0 Å². The number of carbonyl (C=O) groups is 2.